The van der Waals surface area contributed by atoms with Gasteiger partial charge in [0.15, 0.2) is 0 Å². The lowest BCUT2D eigenvalue weighted by Gasteiger charge is -2.17. The van der Waals surface area contributed by atoms with Crippen molar-refractivity contribution >= 4 is 17.5 Å². The Kier molecular flexibility index (Phi) is 4.35. The summed E-state index contributed by atoms with van der Waals surface area (Å²) >= 11 is 6.50. The van der Waals surface area contributed by atoms with Gasteiger partial charge in [-0.1, -0.05) is 41.9 Å². The van der Waals surface area contributed by atoms with Crippen molar-refractivity contribution in [1.29, 1.82) is 0 Å². The maximum Gasteiger partial charge on any atom is 0.273 e. The van der Waals surface area contributed by atoms with Gasteiger partial charge in [0.05, 0.1) is 7.11 Å². The monoisotopic (exact) mass is 364 g/mol. The van der Waals surface area contributed by atoms with E-state index in [-0.39, 0.29) is 5.91 Å². The van der Waals surface area contributed by atoms with E-state index in [1.165, 1.54) is 0 Å². The average Bonchev–Trinajstić information content (AvgIpc) is 2.99. The molecule has 1 aliphatic heterocycles. The normalized spacial score (nSPS) is 13.0. The summed E-state index contributed by atoms with van der Waals surface area (Å²) in [6, 6.07) is 17.6. The number of aromatic nitrogens is 1. The molecule has 26 heavy (non-hydrogen) atoms. The zero-order chi connectivity index (χ0) is 18.1. The van der Waals surface area contributed by atoms with Crippen LogP contribution in [0.2, 0.25) is 5.02 Å². The van der Waals surface area contributed by atoms with Crippen molar-refractivity contribution in [2.75, 3.05) is 7.11 Å². The van der Waals surface area contributed by atoms with Crippen molar-refractivity contribution in [2.45, 2.75) is 13.1 Å². The van der Waals surface area contributed by atoms with E-state index in [0.717, 1.165) is 28.0 Å². The maximum atomic E-state index is 12.5. The van der Waals surface area contributed by atoms with E-state index in [9.17, 15) is 4.79 Å². The molecule has 0 fully saturated rings. The lowest BCUT2D eigenvalue weighted by molar-refractivity contribution is 0.0762. The summed E-state index contributed by atoms with van der Waals surface area (Å²) in [6.45, 7) is 1.04. The molecule has 0 saturated carbocycles. The molecule has 4 rings (SSSR count). The molecule has 2 aromatic carbocycles. The first-order valence-electron chi connectivity index (χ1n) is 8.32. The van der Waals surface area contributed by atoms with Gasteiger partial charge in [0.25, 0.3) is 5.91 Å². The fourth-order valence-electron chi connectivity index (χ4n) is 3.16. The molecule has 0 bridgehead atoms. The molecule has 4 nitrogen and oxygen atoms in total. The smallest absolute Gasteiger partial charge is 0.273 e. The summed E-state index contributed by atoms with van der Waals surface area (Å²) in [5.74, 6) is 0.771. The first-order valence-corrected chi connectivity index (χ1v) is 8.69. The van der Waals surface area contributed by atoms with Crippen molar-refractivity contribution in [3.05, 3.63) is 82.6 Å². The van der Waals surface area contributed by atoms with Crippen LogP contribution in [0.5, 0.6) is 5.75 Å². The van der Waals surface area contributed by atoms with Gasteiger partial charge in [-0.3, -0.25) is 9.78 Å². The van der Waals surface area contributed by atoms with Crippen molar-refractivity contribution in [1.82, 2.24) is 9.88 Å². The van der Waals surface area contributed by atoms with Crippen LogP contribution in [-0.2, 0) is 13.1 Å². The van der Waals surface area contributed by atoms with E-state index in [2.05, 4.69) is 4.98 Å². The SMILES string of the molecule is COc1ccc(-c2ccc(CN3Cc4cccnc4C3=O)c(Cl)c2)cc1. The number of carbonyl (C=O) groups excluding carboxylic acids is 1. The Morgan fingerprint density at radius 1 is 1.12 bits per heavy atom. The number of rotatable bonds is 4. The van der Waals surface area contributed by atoms with E-state index in [4.69, 9.17) is 16.3 Å². The Labute approximate surface area is 157 Å². The highest BCUT2D eigenvalue weighted by Crippen LogP contribution is 2.29. The van der Waals surface area contributed by atoms with Gasteiger partial charge in [-0.05, 0) is 41.0 Å². The van der Waals surface area contributed by atoms with Crippen LogP contribution in [-0.4, -0.2) is 22.9 Å². The van der Waals surface area contributed by atoms with Gasteiger partial charge in [-0.2, -0.15) is 0 Å². The fraction of sp³-hybridized carbons (Fsp3) is 0.143. The van der Waals surface area contributed by atoms with Gasteiger partial charge in [0.2, 0.25) is 0 Å². The van der Waals surface area contributed by atoms with Crippen LogP contribution in [0.1, 0.15) is 21.6 Å². The Hall–Kier alpha value is -2.85. The zero-order valence-electron chi connectivity index (χ0n) is 14.3. The average molecular weight is 365 g/mol. The molecule has 2 heterocycles. The van der Waals surface area contributed by atoms with E-state index in [1.54, 1.807) is 18.2 Å². The highest BCUT2D eigenvalue weighted by Gasteiger charge is 2.28. The predicted molar refractivity (Wildman–Crippen MR) is 101 cm³/mol. The van der Waals surface area contributed by atoms with Crippen molar-refractivity contribution in [2.24, 2.45) is 0 Å². The molecule has 1 amide bonds. The number of methoxy groups -OCH3 is 1. The molecular weight excluding hydrogens is 348 g/mol. The second-order valence-electron chi connectivity index (χ2n) is 6.21. The minimum atomic E-state index is -0.0455. The number of pyridine rings is 1. The topological polar surface area (TPSA) is 42.4 Å². The van der Waals surface area contributed by atoms with Crippen molar-refractivity contribution < 1.29 is 9.53 Å². The van der Waals surface area contributed by atoms with Gasteiger partial charge in [-0.25, -0.2) is 0 Å². The number of hydrogen-bond acceptors (Lipinski definition) is 3. The second-order valence-corrected chi connectivity index (χ2v) is 6.61. The molecule has 0 unspecified atom stereocenters. The number of ether oxygens (including phenoxy) is 1. The largest absolute Gasteiger partial charge is 0.497 e. The van der Waals surface area contributed by atoms with Crippen LogP contribution >= 0.6 is 11.6 Å². The van der Waals surface area contributed by atoms with Gasteiger partial charge in [-0.15, -0.1) is 0 Å². The van der Waals surface area contributed by atoms with Gasteiger partial charge in [0, 0.05) is 29.9 Å². The van der Waals surface area contributed by atoms with Crippen LogP contribution in [0.4, 0.5) is 0 Å². The first-order chi connectivity index (χ1) is 12.7. The Morgan fingerprint density at radius 2 is 1.88 bits per heavy atom. The second kappa shape index (κ2) is 6.81. The third kappa shape index (κ3) is 3.04. The van der Waals surface area contributed by atoms with Gasteiger partial charge >= 0.3 is 0 Å². The van der Waals surface area contributed by atoms with Gasteiger partial charge in [0.1, 0.15) is 11.4 Å². The molecule has 5 heteroatoms. The fourth-order valence-corrected chi connectivity index (χ4v) is 3.40. The molecule has 0 N–H and O–H groups in total. The number of carbonyl (C=O) groups is 1. The number of fused-ring (bicyclic) bond motifs is 1. The van der Waals surface area contributed by atoms with Crippen LogP contribution in [0.25, 0.3) is 11.1 Å². The van der Waals surface area contributed by atoms with Crippen molar-refractivity contribution in [3.63, 3.8) is 0 Å². The van der Waals surface area contributed by atoms with Crippen LogP contribution in [0.3, 0.4) is 0 Å². The van der Waals surface area contributed by atoms with E-state index >= 15 is 0 Å². The molecule has 3 aromatic rings. The Bertz CT molecular complexity index is 970. The van der Waals surface area contributed by atoms with Gasteiger partial charge < -0.3 is 9.64 Å². The highest BCUT2D eigenvalue weighted by atomic mass is 35.5. The summed E-state index contributed by atoms with van der Waals surface area (Å²) in [7, 11) is 1.65. The molecule has 0 aliphatic carbocycles. The van der Waals surface area contributed by atoms with E-state index in [0.29, 0.717) is 23.8 Å². The summed E-state index contributed by atoms with van der Waals surface area (Å²) in [6.07, 6.45) is 1.65. The number of hydrogen-bond donors (Lipinski definition) is 0. The lowest BCUT2D eigenvalue weighted by atomic mass is 10.0. The molecule has 0 atom stereocenters. The molecule has 0 radical (unpaired) electrons. The third-order valence-corrected chi connectivity index (χ3v) is 4.93. The van der Waals surface area contributed by atoms with Crippen LogP contribution in [0.15, 0.2) is 60.8 Å². The number of halogens is 1. The predicted octanol–water partition coefficient (Wildman–Crippen LogP) is 4.57. The van der Waals surface area contributed by atoms with Crippen LogP contribution < -0.4 is 4.74 Å². The molecule has 0 spiro atoms. The minimum Gasteiger partial charge on any atom is -0.497 e. The molecule has 0 saturated heterocycles. The Morgan fingerprint density at radius 3 is 2.58 bits per heavy atom. The summed E-state index contributed by atoms with van der Waals surface area (Å²) in [4.78, 5) is 18.4. The number of benzene rings is 2. The summed E-state index contributed by atoms with van der Waals surface area (Å²) < 4.78 is 5.19. The van der Waals surface area contributed by atoms with Crippen LogP contribution in [0, 0.1) is 0 Å². The number of nitrogens with zero attached hydrogens (tertiary/aromatic N) is 2. The van der Waals surface area contributed by atoms with E-state index < -0.39 is 0 Å². The Balaban J connectivity index is 1.54. The minimum absolute atomic E-state index is 0.0455. The van der Waals surface area contributed by atoms with E-state index in [1.807, 2.05) is 54.6 Å². The quantitative estimate of drug-likeness (QED) is 0.681. The molecule has 1 aromatic heterocycles. The standard InChI is InChI=1S/C21H17ClN2O2/c1-26-18-8-6-14(7-9-18)15-4-5-16(19(22)11-15)12-24-13-17-3-2-10-23-20(17)21(24)25/h2-11H,12-13H2,1H3. The molecule has 130 valence electrons. The highest BCUT2D eigenvalue weighted by molar-refractivity contribution is 6.31. The first kappa shape index (κ1) is 16.6. The third-order valence-electron chi connectivity index (χ3n) is 4.58. The summed E-state index contributed by atoms with van der Waals surface area (Å²) in [5, 5.41) is 0.648. The number of amides is 1. The maximum absolute atomic E-state index is 12.5. The molecule has 1 aliphatic rings. The summed E-state index contributed by atoms with van der Waals surface area (Å²) in [5.41, 5.74) is 4.51. The van der Waals surface area contributed by atoms with Crippen molar-refractivity contribution in [3.8, 4) is 16.9 Å². The molecular formula is C21H17ClN2O2. The lowest BCUT2D eigenvalue weighted by Crippen LogP contribution is -2.23. The zero-order valence-corrected chi connectivity index (χ0v) is 15.0.